The van der Waals surface area contributed by atoms with Crippen molar-refractivity contribution in [2.24, 2.45) is 62.0 Å². The Hall–Kier alpha value is -1.30. The summed E-state index contributed by atoms with van der Waals surface area (Å²) in [5.74, 6) is 3.84. The molecule has 0 aromatic rings. The minimum Gasteiger partial charge on any atom is -0.394 e. The molecule has 0 heterocycles. The van der Waals surface area contributed by atoms with E-state index in [9.17, 15) is 5.11 Å². The standard InChI is InChI=1S/C23H40N4O2/c1-22-9-7-17(28)13-15(22)3-5-18-19-6-4-16(23(19,2)10-8-20(18)22)14-27-29-12-11-26-21(24)25/h14-20,28H,3-13H2,1-2H3,(H4,24,25,26)/b27-14+/t15-,16-,17+,18+,19+,20+,22+,23-/m1/s1. The minimum absolute atomic E-state index is 0.0578. The van der Waals surface area contributed by atoms with Crippen LogP contribution in [-0.2, 0) is 4.84 Å². The maximum absolute atomic E-state index is 10.2. The molecular formula is C23H40N4O2. The van der Waals surface area contributed by atoms with E-state index in [1.807, 2.05) is 0 Å². The monoisotopic (exact) mass is 404 g/mol. The fraction of sp³-hybridized carbons (Fsp3) is 0.913. The Balaban J connectivity index is 1.40. The minimum atomic E-state index is -0.0578. The van der Waals surface area contributed by atoms with Gasteiger partial charge in [-0.3, -0.25) is 0 Å². The smallest absolute Gasteiger partial charge is 0.186 e. The molecule has 0 radical (unpaired) electrons. The van der Waals surface area contributed by atoms with Gasteiger partial charge in [-0.15, -0.1) is 0 Å². The molecule has 0 amide bonds. The fourth-order valence-electron chi connectivity index (χ4n) is 7.91. The number of nitrogens with two attached hydrogens (primary N) is 2. The van der Waals surface area contributed by atoms with Gasteiger partial charge in [0.2, 0.25) is 0 Å². The molecule has 0 saturated heterocycles. The number of fused-ring (bicyclic) bond motifs is 5. The SMILES string of the molecule is C[C@]12CC[C@H](O)C[C@H]1CC[C@@H]1[C@@H]2CC[C@]2(C)[C@@H](/C=N/OCCN=C(N)N)CC[C@@H]12. The Kier molecular flexibility index (Phi) is 5.84. The molecule has 29 heavy (non-hydrogen) atoms. The maximum Gasteiger partial charge on any atom is 0.186 e. The quantitative estimate of drug-likeness (QED) is 0.283. The summed E-state index contributed by atoms with van der Waals surface area (Å²) in [6.07, 6.45) is 13.1. The van der Waals surface area contributed by atoms with Gasteiger partial charge in [-0.1, -0.05) is 19.0 Å². The Labute approximate surface area is 175 Å². The average Bonchev–Trinajstić information content (AvgIpc) is 3.01. The number of aliphatic hydroxyl groups excluding tert-OH is 1. The molecule has 5 N–H and O–H groups in total. The molecule has 8 atom stereocenters. The van der Waals surface area contributed by atoms with Crippen LogP contribution in [0.1, 0.15) is 71.6 Å². The number of guanidine groups is 1. The summed E-state index contributed by atoms with van der Waals surface area (Å²) in [6.45, 7) is 5.93. The predicted molar refractivity (Wildman–Crippen MR) is 116 cm³/mol. The predicted octanol–water partition coefficient (Wildman–Crippen LogP) is 3.28. The number of aliphatic hydroxyl groups is 1. The molecule has 0 spiro atoms. The van der Waals surface area contributed by atoms with E-state index < -0.39 is 0 Å². The Morgan fingerprint density at radius 3 is 2.59 bits per heavy atom. The van der Waals surface area contributed by atoms with Crippen LogP contribution in [0.5, 0.6) is 0 Å². The first-order valence-electron chi connectivity index (χ1n) is 11.7. The lowest BCUT2D eigenvalue weighted by Gasteiger charge is -2.60. The van der Waals surface area contributed by atoms with Crippen LogP contribution in [0, 0.1) is 40.4 Å². The van der Waals surface area contributed by atoms with Crippen LogP contribution in [0.15, 0.2) is 10.1 Å². The van der Waals surface area contributed by atoms with Crippen LogP contribution in [0.25, 0.3) is 0 Å². The number of hydrogen-bond donors (Lipinski definition) is 3. The molecule has 6 heteroatoms. The van der Waals surface area contributed by atoms with Crippen molar-refractivity contribution >= 4 is 12.2 Å². The molecule has 4 saturated carbocycles. The first kappa shape index (κ1) is 21.0. The van der Waals surface area contributed by atoms with E-state index in [1.54, 1.807) is 0 Å². The van der Waals surface area contributed by atoms with Crippen molar-refractivity contribution < 1.29 is 9.94 Å². The third kappa shape index (κ3) is 3.77. The van der Waals surface area contributed by atoms with Gasteiger partial charge in [-0.25, -0.2) is 4.99 Å². The Morgan fingerprint density at radius 1 is 1.03 bits per heavy atom. The molecule has 0 unspecified atom stereocenters. The highest BCUT2D eigenvalue weighted by Crippen LogP contribution is 2.67. The van der Waals surface area contributed by atoms with E-state index in [4.69, 9.17) is 16.3 Å². The van der Waals surface area contributed by atoms with E-state index in [0.29, 0.717) is 29.9 Å². The van der Waals surface area contributed by atoms with Gasteiger partial charge in [-0.2, -0.15) is 0 Å². The fourth-order valence-corrected chi connectivity index (χ4v) is 7.91. The highest BCUT2D eigenvalue weighted by Gasteiger charge is 2.59. The van der Waals surface area contributed by atoms with Crippen molar-refractivity contribution in [1.82, 2.24) is 0 Å². The lowest BCUT2D eigenvalue weighted by molar-refractivity contribution is -0.123. The van der Waals surface area contributed by atoms with Crippen molar-refractivity contribution in [2.45, 2.75) is 77.7 Å². The zero-order valence-corrected chi connectivity index (χ0v) is 18.2. The Morgan fingerprint density at radius 2 is 1.79 bits per heavy atom. The Bertz CT molecular complexity index is 649. The van der Waals surface area contributed by atoms with Crippen molar-refractivity contribution in [1.29, 1.82) is 0 Å². The van der Waals surface area contributed by atoms with Crippen LogP contribution >= 0.6 is 0 Å². The number of hydrogen-bond acceptors (Lipinski definition) is 4. The van der Waals surface area contributed by atoms with Gasteiger partial charge in [0.1, 0.15) is 6.61 Å². The molecule has 164 valence electrons. The van der Waals surface area contributed by atoms with Gasteiger partial charge in [-0.05, 0) is 92.3 Å². The van der Waals surface area contributed by atoms with Gasteiger partial charge in [0.05, 0.1) is 12.6 Å². The topological polar surface area (TPSA) is 106 Å². The summed E-state index contributed by atoms with van der Waals surface area (Å²) in [6, 6.07) is 0. The van der Waals surface area contributed by atoms with Gasteiger partial charge in [0.15, 0.2) is 5.96 Å². The van der Waals surface area contributed by atoms with Crippen molar-refractivity contribution in [3.63, 3.8) is 0 Å². The van der Waals surface area contributed by atoms with Crippen LogP contribution < -0.4 is 11.5 Å². The molecule has 4 fully saturated rings. The van der Waals surface area contributed by atoms with E-state index in [1.165, 1.54) is 44.9 Å². The second-order valence-electron chi connectivity index (χ2n) is 10.7. The number of oxime groups is 1. The number of aliphatic imine (C=N–C) groups is 1. The van der Waals surface area contributed by atoms with Crippen molar-refractivity contribution in [3.8, 4) is 0 Å². The molecule has 4 aliphatic carbocycles. The first-order chi connectivity index (χ1) is 13.8. The van der Waals surface area contributed by atoms with Gasteiger partial charge >= 0.3 is 0 Å². The highest BCUT2D eigenvalue weighted by molar-refractivity contribution is 5.75. The molecular weight excluding hydrogens is 364 g/mol. The number of rotatable bonds is 5. The molecule has 0 aromatic carbocycles. The third-order valence-electron chi connectivity index (χ3n) is 9.50. The zero-order chi connectivity index (χ0) is 20.6. The van der Waals surface area contributed by atoms with Crippen LogP contribution in [0.3, 0.4) is 0 Å². The number of nitrogens with zero attached hydrogens (tertiary/aromatic N) is 2. The normalized spacial score (nSPS) is 46.6. The van der Waals surface area contributed by atoms with Gasteiger partial charge < -0.3 is 21.4 Å². The summed E-state index contributed by atoms with van der Waals surface area (Å²) in [5.41, 5.74) is 11.5. The molecule has 6 nitrogen and oxygen atoms in total. The zero-order valence-electron chi connectivity index (χ0n) is 18.2. The highest BCUT2D eigenvalue weighted by atomic mass is 16.6. The summed E-state index contributed by atoms with van der Waals surface area (Å²) >= 11 is 0. The van der Waals surface area contributed by atoms with Crippen molar-refractivity contribution in [3.05, 3.63) is 0 Å². The largest absolute Gasteiger partial charge is 0.394 e. The van der Waals surface area contributed by atoms with E-state index in [0.717, 1.165) is 36.5 Å². The third-order valence-corrected chi connectivity index (χ3v) is 9.50. The molecule has 0 aliphatic heterocycles. The molecule has 0 bridgehead atoms. The van der Waals surface area contributed by atoms with E-state index in [2.05, 4.69) is 30.2 Å². The van der Waals surface area contributed by atoms with Crippen LogP contribution in [-0.4, -0.2) is 36.5 Å². The van der Waals surface area contributed by atoms with E-state index in [-0.39, 0.29) is 12.1 Å². The summed E-state index contributed by atoms with van der Waals surface area (Å²) < 4.78 is 0. The average molecular weight is 405 g/mol. The maximum atomic E-state index is 10.2. The first-order valence-corrected chi connectivity index (χ1v) is 11.7. The van der Waals surface area contributed by atoms with Crippen LogP contribution in [0.2, 0.25) is 0 Å². The molecule has 0 aromatic heterocycles. The van der Waals surface area contributed by atoms with Crippen LogP contribution in [0.4, 0.5) is 0 Å². The lowest BCUT2D eigenvalue weighted by Crippen LogP contribution is -2.54. The van der Waals surface area contributed by atoms with E-state index >= 15 is 0 Å². The van der Waals surface area contributed by atoms with Gasteiger partial charge in [0.25, 0.3) is 0 Å². The molecule has 4 rings (SSSR count). The van der Waals surface area contributed by atoms with Crippen molar-refractivity contribution in [2.75, 3.05) is 13.2 Å². The second-order valence-corrected chi connectivity index (χ2v) is 10.7. The lowest BCUT2D eigenvalue weighted by atomic mass is 9.45. The summed E-state index contributed by atoms with van der Waals surface area (Å²) in [7, 11) is 0. The summed E-state index contributed by atoms with van der Waals surface area (Å²) in [4.78, 5) is 9.32. The summed E-state index contributed by atoms with van der Waals surface area (Å²) in [5, 5.41) is 14.5. The molecule has 4 aliphatic rings. The second kappa shape index (κ2) is 8.09. The van der Waals surface area contributed by atoms with Gasteiger partial charge in [0, 0.05) is 12.1 Å².